The van der Waals surface area contributed by atoms with E-state index in [-0.39, 0.29) is 17.8 Å². The quantitative estimate of drug-likeness (QED) is 0.333. The van der Waals surface area contributed by atoms with Gasteiger partial charge in [-0.1, -0.05) is 17.4 Å². The third kappa shape index (κ3) is 5.68. The molecule has 3 aromatic rings. The van der Waals surface area contributed by atoms with Gasteiger partial charge in [0.1, 0.15) is 23.2 Å². The van der Waals surface area contributed by atoms with Crippen LogP contribution in [0.1, 0.15) is 25.7 Å². The average Bonchev–Trinajstić information content (AvgIpc) is 3.21. The smallest absolute Gasteiger partial charge is 0.274 e. The fourth-order valence-corrected chi connectivity index (χ4v) is 5.30. The number of benzene rings is 2. The topological polar surface area (TPSA) is 51.7 Å². The number of halogens is 1. The Balaban J connectivity index is 1.17. The van der Waals surface area contributed by atoms with E-state index >= 15 is 0 Å². The molecule has 164 valence electrons. The number of aromatic nitrogens is 1. The van der Waals surface area contributed by atoms with Crippen molar-refractivity contribution in [2.24, 2.45) is 0 Å². The number of fused-ring (bicyclic) bond motifs is 1. The Morgan fingerprint density at radius 3 is 2.71 bits per heavy atom. The molecule has 2 aromatic carbocycles. The van der Waals surface area contributed by atoms with Crippen LogP contribution in [-0.4, -0.2) is 47.8 Å². The molecule has 0 spiro atoms. The van der Waals surface area contributed by atoms with Gasteiger partial charge in [-0.05, 0) is 48.6 Å². The highest BCUT2D eigenvalue weighted by Gasteiger charge is 2.24. The van der Waals surface area contributed by atoms with E-state index in [4.69, 9.17) is 9.47 Å². The molecule has 0 atom stereocenters. The molecule has 1 aromatic heterocycles. The molecule has 1 aliphatic heterocycles. The van der Waals surface area contributed by atoms with E-state index in [2.05, 4.69) is 4.98 Å². The van der Waals surface area contributed by atoms with Crippen molar-refractivity contribution in [1.82, 2.24) is 9.88 Å². The number of rotatable bonds is 8. The van der Waals surface area contributed by atoms with Crippen molar-refractivity contribution in [3.63, 3.8) is 0 Å². The molecule has 31 heavy (non-hydrogen) atoms. The number of nitrogens with zero attached hydrogens (tertiary/aromatic N) is 2. The summed E-state index contributed by atoms with van der Waals surface area (Å²) >= 11 is 3.12. The van der Waals surface area contributed by atoms with Gasteiger partial charge in [0.25, 0.3) is 5.19 Å². The summed E-state index contributed by atoms with van der Waals surface area (Å²) in [4.78, 5) is 19.9. The van der Waals surface area contributed by atoms with Crippen LogP contribution in [0.4, 0.5) is 4.39 Å². The molecular weight excluding hydrogens is 435 g/mol. The molecule has 5 nitrogen and oxygen atoms in total. The van der Waals surface area contributed by atoms with E-state index in [0.717, 1.165) is 35.5 Å². The molecule has 0 bridgehead atoms. The summed E-state index contributed by atoms with van der Waals surface area (Å²) < 4.78 is 25.7. The van der Waals surface area contributed by atoms with Crippen LogP contribution in [0.15, 0.2) is 47.4 Å². The Labute approximate surface area is 189 Å². The van der Waals surface area contributed by atoms with Crippen LogP contribution in [0.25, 0.3) is 10.2 Å². The number of methoxy groups -OCH3 is 1. The molecular formula is C23H25FN2O3S2. The maximum absolute atomic E-state index is 13.8. The second-order valence-electron chi connectivity index (χ2n) is 7.39. The monoisotopic (exact) mass is 460 g/mol. The zero-order chi connectivity index (χ0) is 21.6. The maximum Gasteiger partial charge on any atom is 0.274 e. The summed E-state index contributed by atoms with van der Waals surface area (Å²) in [5, 5.41) is 0.500. The number of likely N-dealkylation sites (tertiary alicyclic amines) is 1. The predicted octanol–water partition coefficient (Wildman–Crippen LogP) is 5.39. The number of thioether (sulfide) groups is 1. The average molecular weight is 461 g/mol. The number of thiazole rings is 1. The summed E-state index contributed by atoms with van der Waals surface area (Å²) in [5.41, 5.74) is 0.364. The summed E-state index contributed by atoms with van der Waals surface area (Å²) in [7, 11) is 1.66. The molecule has 0 radical (unpaired) electrons. The summed E-state index contributed by atoms with van der Waals surface area (Å²) in [6.07, 6.45) is 2.96. The van der Waals surface area contributed by atoms with Crippen molar-refractivity contribution in [1.29, 1.82) is 0 Å². The first-order valence-electron chi connectivity index (χ1n) is 10.4. The standard InChI is InChI=1S/C23H25FN2O3S2/c1-28-16-7-9-18(10-8-16)30-15-3-6-21(27)26-13-11-17(12-14-26)29-23-25-22-19(24)4-2-5-20(22)31-23/h2,4-5,7-10,17H,3,6,11-15H2,1H3. The minimum Gasteiger partial charge on any atom is -0.497 e. The first-order valence-corrected chi connectivity index (χ1v) is 12.2. The fourth-order valence-electron chi connectivity index (χ4n) is 3.55. The Morgan fingerprint density at radius 1 is 1.23 bits per heavy atom. The number of carbonyl (C=O) groups excluding carboxylic acids is 1. The minimum atomic E-state index is -0.325. The maximum atomic E-state index is 13.8. The van der Waals surface area contributed by atoms with Crippen LogP contribution in [0.5, 0.6) is 10.9 Å². The molecule has 1 aliphatic rings. The number of piperidine rings is 1. The van der Waals surface area contributed by atoms with Gasteiger partial charge in [-0.2, -0.15) is 4.98 Å². The molecule has 1 fully saturated rings. The third-order valence-corrected chi connectivity index (χ3v) is 7.29. The van der Waals surface area contributed by atoms with E-state index in [9.17, 15) is 9.18 Å². The van der Waals surface area contributed by atoms with Crippen molar-refractivity contribution < 1.29 is 18.7 Å². The van der Waals surface area contributed by atoms with Crippen molar-refractivity contribution in [3.05, 3.63) is 48.3 Å². The Kier molecular flexibility index (Phi) is 7.29. The van der Waals surface area contributed by atoms with Crippen LogP contribution in [0.3, 0.4) is 0 Å². The zero-order valence-electron chi connectivity index (χ0n) is 17.4. The van der Waals surface area contributed by atoms with Crippen LogP contribution < -0.4 is 9.47 Å². The van der Waals surface area contributed by atoms with Gasteiger partial charge in [-0.3, -0.25) is 4.79 Å². The zero-order valence-corrected chi connectivity index (χ0v) is 19.0. The van der Waals surface area contributed by atoms with E-state index in [1.165, 1.54) is 22.3 Å². The second-order valence-corrected chi connectivity index (χ2v) is 9.55. The lowest BCUT2D eigenvalue weighted by atomic mass is 10.1. The van der Waals surface area contributed by atoms with E-state index in [1.54, 1.807) is 24.9 Å². The number of carbonyl (C=O) groups is 1. The largest absolute Gasteiger partial charge is 0.497 e. The molecule has 2 heterocycles. The number of amides is 1. The van der Waals surface area contributed by atoms with Crippen LogP contribution in [0.2, 0.25) is 0 Å². The van der Waals surface area contributed by atoms with E-state index < -0.39 is 0 Å². The molecule has 0 N–H and O–H groups in total. The van der Waals surface area contributed by atoms with Gasteiger partial charge in [-0.15, -0.1) is 11.8 Å². The summed E-state index contributed by atoms with van der Waals surface area (Å²) in [6.45, 7) is 1.38. The lowest BCUT2D eigenvalue weighted by Crippen LogP contribution is -2.41. The number of hydrogen-bond donors (Lipinski definition) is 0. The van der Waals surface area contributed by atoms with Gasteiger partial charge in [0, 0.05) is 37.2 Å². The van der Waals surface area contributed by atoms with Gasteiger partial charge < -0.3 is 14.4 Å². The summed E-state index contributed by atoms with van der Waals surface area (Å²) in [6, 6.07) is 12.9. The molecule has 8 heteroatoms. The number of ether oxygens (including phenoxy) is 2. The van der Waals surface area contributed by atoms with Crippen LogP contribution in [-0.2, 0) is 4.79 Å². The lowest BCUT2D eigenvalue weighted by molar-refractivity contribution is -0.133. The SMILES string of the molecule is COc1ccc(SCCCC(=O)N2CCC(Oc3nc4c(F)cccc4s3)CC2)cc1. The molecule has 1 saturated heterocycles. The lowest BCUT2D eigenvalue weighted by Gasteiger charge is -2.31. The van der Waals surface area contributed by atoms with Gasteiger partial charge in [0.15, 0.2) is 0 Å². The molecule has 1 amide bonds. The molecule has 0 saturated carbocycles. The van der Waals surface area contributed by atoms with Gasteiger partial charge >= 0.3 is 0 Å². The fraction of sp³-hybridized carbons (Fsp3) is 0.391. The Bertz CT molecular complexity index is 1020. The Morgan fingerprint density at radius 2 is 2.00 bits per heavy atom. The van der Waals surface area contributed by atoms with E-state index in [0.29, 0.717) is 30.2 Å². The highest BCUT2D eigenvalue weighted by atomic mass is 32.2. The van der Waals surface area contributed by atoms with Gasteiger partial charge in [0.05, 0.1) is 11.8 Å². The highest BCUT2D eigenvalue weighted by Crippen LogP contribution is 2.31. The number of hydrogen-bond acceptors (Lipinski definition) is 6. The first kappa shape index (κ1) is 21.9. The highest BCUT2D eigenvalue weighted by molar-refractivity contribution is 7.99. The summed E-state index contributed by atoms with van der Waals surface area (Å²) in [5.74, 6) is 1.64. The van der Waals surface area contributed by atoms with Gasteiger partial charge in [0.2, 0.25) is 5.91 Å². The van der Waals surface area contributed by atoms with Crippen molar-refractivity contribution in [2.75, 3.05) is 26.0 Å². The minimum absolute atomic E-state index is 0.0123. The van der Waals surface area contributed by atoms with Crippen molar-refractivity contribution in [3.8, 4) is 10.9 Å². The van der Waals surface area contributed by atoms with Crippen LogP contribution >= 0.6 is 23.1 Å². The Hall–Kier alpha value is -2.32. The molecule has 0 aliphatic carbocycles. The molecule has 4 rings (SSSR count). The first-order chi connectivity index (χ1) is 15.1. The predicted molar refractivity (Wildman–Crippen MR) is 123 cm³/mol. The molecule has 0 unspecified atom stereocenters. The second kappa shape index (κ2) is 10.3. The normalized spacial score (nSPS) is 14.7. The van der Waals surface area contributed by atoms with E-state index in [1.807, 2.05) is 35.2 Å². The third-order valence-electron chi connectivity index (χ3n) is 5.28. The van der Waals surface area contributed by atoms with Crippen molar-refractivity contribution in [2.45, 2.75) is 36.7 Å². The van der Waals surface area contributed by atoms with Gasteiger partial charge in [-0.25, -0.2) is 4.39 Å². The van der Waals surface area contributed by atoms with Crippen molar-refractivity contribution >= 4 is 39.2 Å². The van der Waals surface area contributed by atoms with Crippen LogP contribution in [0, 0.1) is 5.82 Å². The number of para-hydroxylation sites is 1.